The van der Waals surface area contributed by atoms with Gasteiger partial charge in [-0.25, -0.2) is 0 Å². The summed E-state index contributed by atoms with van der Waals surface area (Å²) in [6, 6.07) is 0. The van der Waals surface area contributed by atoms with E-state index >= 15 is 0 Å². The summed E-state index contributed by atoms with van der Waals surface area (Å²) >= 11 is 0. The van der Waals surface area contributed by atoms with Gasteiger partial charge in [0.05, 0.1) is 0 Å². The van der Waals surface area contributed by atoms with Crippen LogP contribution in [0.3, 0.4) is 0 Å². The average Bonchev–Trinajstić information content (AvgIpc) is 2.65. The van der Waals surface area contributed by atoms with Crippen LogP contribution < -0.4 is 0 Å². The first kappa shape index (κ1) is 16.2. The molecule has 2 heteroatoms. The number of hydrogen-bond donors (Lipinski definition) is 0. The molecule has 2 aliphatic rings. The van der Waals surface area contributed by atoms with Gasteiger partial charge in [0.2, 0.25) is 0 Å². The molecule has 0 radical (unpaired) electrons. The first-order chi connectivity index (χ1) is 8.66. The van der Waals surface area contributed by atoms with Crippen LogP contribution in [0.15, 0.2) is 44.8 Å². The zero-order valence-corrected chi connectivity index (χ0v) is 16.2. The molecule has 2 aliphatic carbocycles. The van der Waals surface area contributed by atoms with Gasteiger partial charge in [-0.15, -0.1) is 0 Å². The Balaban J connectivity index is 2.75. The van der Waals surface area contributed by atoms with Crippen LogP contribution in [0.2, 0.25) is 27.6 Å². The number of rotatable bonds is 2. The standard InChI is InChI=1S/C8H11.C5H5.5CH3.ClH.Ru/c1-2-4-6-8-7-5-3-1;1-2-4-5-3-1;;;;;;;/h1-2,7H,3-6H2;1-3H,4H2;5*1H3;1H;/q;;;;;;;;+1/p-1. The summed E-state index contributed by atoms with van der Waals surface area (Å²) in [6.07, 6.45) is 19.1. The van der Waals surface area contributed by atoms with Crippen molar-refractivity contribution in [1.29, 1.82) is 0 Å². The number of hydrogen-bond acceptors (Lipinski definition) is 0. The Morgan fingerprint density at radius 2 is 1.50 bits per heavy atom. The van der Waals surface area contributed by atoms with Gasteiger partial charge in [0, 0.05) is 0 Å². The SMILES string of the molecule is [CH3][Ru]([CH3])([CH3])([CH3])([CH3])([Cl])([C]1=CC=CC1)[C]1=CCCC=CCC1. The Hall–Kier alpha value is -0.127. The fraction of sp³-hybridized carbons (Fsp3) is 0.556. The van der Waals surface area contributed by atoms with E-state index in [1.54, 1.807) is 0 Å². The third-order valence-electron chi connectivity index (χ3n) is 4.79. The molecule has 0 nitrogen and oxygen atoms in total. The number of halogens is 1. The van der Waals surface area contributed by atoms with Crippen molar-refractivity contribution in [3.63, 3.8) is 0 Å². The summed E-state index contributed by atoms with van der Waals surface area (Å²) < 4.78 is 2.92. The van der Waals surface area contributed by atoms with E-state index in [9.17, 15) is 0 Å². The van der Waals surface area contributed by atoms with Crippen molar-refractivity contribution in [3.8, 4) is 0 Å². The van der Waals surface area contributed by atoms with Gasteiger partial charge in [0.15, 0.2) is 0 Å². The van der Waals surface area contributed by atoms with Crippen molar-refractivity contribution >= 4 is 9.69 Å². The van der Waals surface area contributed by atoms with E-state index < -0.39 is 9.08 Å². The van der Waals surface area contributed by atoms with Crippen LogP contribution in [0.25, 0.3) is 0 Å². The molecular weight excluding hydrogens is 353 g/mol. The molecule has 0 aromatic heterocycles. The molecule has 0 bridgehead atoms. The molecule has 118 valence electrons. The Kier molecular flexibility index (Phi) is 2.43. The Morgan fingerprint density at radius 1 is 0.850 bits per heavy atom. The van der Waals surface area contributed by atoms with Crippen LogP contribution in [-0.4, -0.2) is 0 Å². The van der Waals surface area contributed by atoms with E-state index in [1.807, 2.05) is 0 Å². The molecule has 0 atom stereocenters. The Bertz CT molecular complexity index is 596. The van der Waals surface area contributed by atoms with Crippen LogP contribution in [0.5, 0.6) is 0 Å². The van der Waals surface area contributed by atoms with Crippen LogP contribution in [0.1, 0.15) is 32.1 Å². The monoisotopic (exact) mass is 384 g/mol. The molecule has 0 aromatic carbocycles. The summed E-state index contributed by atoms with van der Waals surface area (Å²) in [4.78, 5) is 0. The molecule has 0 heterocycles. The first-order valence-electron chi connectivity index (χ1n) is 7.17. The van der Waals surface area contributed by atoms with E-state index in [-0.39, 0.29) is 0 Å². The van der Waals surface area contributed by atoms with Gasteiger partial charge in [0.1, 0.15) is 0 Å². The van der Waals surface area contributed by atoms with Crippen LogP contribution >= 0.6 is 9.69 Å². The third-order valence-corrected chi connectivity index (χ3v) is 21.4. The minimum absolute atomic E-state index is 0.989. The molecule has 0 aromatic rings. The summed E-state index contributed by atoms with van der Waals surface area (Å²) in [5, 5.41) is 0. The molecule has 0 saturated carbocycles. The minimum atomic E-state index is -4.69. The van der Waals surface area contributed by atoms with Crippen molar-refractivity contribution in [2.45, 2.75) is 59.7 Å². The molecule has 0 aliphatic heterocycles. The van der Waals surface area contributed by atoms with E-state index in [0.717, 1.165) is 32.1 Å². The van der Waals surface area contributed by atoms with Gasteiger partial charge in [0.25, 0.3) is 0 Å². The fourth-order valence-electron chi connectivity index (χ4n) is 3.16. The topological polar surface area (TPSA) is 0 Å². The second-order valence-electron chi connectivity index (χ2n) is 9.65. The fourth-order valence-corrected chi connectivity index (χ4v) is 14.5. The van der Waals surface area contributed by atoms with Crippen LogP contribution in [0.4, 0.5) is 0 Å². The molecule has 0 saturated heterocycles. The van der Waals surface area contributed by atoms with Gasteiger partial charge in [-0.2, -0.15) is 0 Å². The van der Waals surface area contributed by atoms with Crippen molar-refractivity contribution in [3.05, 3.63) is 44.8 Å². The molecule has 0 amide bonds. The predicted molar refractivity (Wildman–Crippen MR) is 92.7 cm³/mol. The van der Waals surface area contributed by atoms with Crippen molar-refractivity contribution in [2.24, 2.45) is 0 Å². The summed E-state index contributed by atoms with van der Waals surface area (Å²) in [5.74, 6) is 0. The van der Waals surface area contributed by atoms with Gasteiger partial charge >= 0.3 is 123 Å². The summed E-state index contributed by atoms with van der Waals surface area (Å²) in [6.45, 7) is 0. The summed E-state index contributed by atoms with van der Waals surface area (Å²) in [7, 11) is 3.24. The van der Waals surface area contributed by atoms with Gasteiger partial charge in [-0.3, -0.25) is 0 Å². The third kappa shape index (κ3) is 2.53. The second kappa shape index (κ2) is 2.99. The van der Waals surface area contributed by atoms with E-state index in [0.29, 0.717) is 0 Å². The molecule has 0 N–H and O–H groups in total. The maximum atomic E-state index is 7.93. The normalized spacial score (nSPS) is 28.1. The predicted octanol–water partition coefficient (Wildman–Crippen LogP) is 7.54. The summed E-state index contributed by atoms with van der Waals surface area (Å²) in [5.41, 5.74) is 11.9. The molecule has 0 unspecified atom stereocenters. The molecule has 0 fully saturated rings. The van der Waals surface area contributed by atoms with Crippen LogP contribution in [0, 0.1) is 0 Å². The number of allylic oxidation sites excluding steroid dienone is 8. The Morgan fingerprint density at radius 3 is 2.10 bits per heavy atom. The van der Waals surface area contributed by atoms with Crippen molar-refractivity contribution < 1.29 is 9.08 Å². The van der Waals surface area contributed by atoms with Gasteiger partial charge < -0.3 is 0 Å². The van der Waals surface area contributed by atoms with Crippen molar-refractivity contribution in [1.82, 2.24) is 0 Å². The quantitative estimate of drug-likeness (QED) is 0.341. The first-order valence-corrected chi connectivity index (χ1v) is 19.8. The zero-order valence-electron chi connectivity index (χ0n) is 13.7. The second-order valence-corrected chi connectivity index (χ2v) is 51.8. The average molecular weight is 384 g/mol. The van der Waals surface area contributed by atoms with Crippen LogP contribution in [-0.2, 0) is 9.08 Å². The Labute approximate surface area is 123 Å². The molecule has 0 spiro atoms. The zero-order chi connectivity index (χ0) is 15.3. The molecular formula is C18H31ClRu. The maximum absolute atomic E-state index is 7.93. The van der Waals surface area contributed by atoms with E-state index in [4.69, 9.17) is 9.69 Å². The van der Waals surface area contributed by atoms with E-state index in [2.05, 4.69) is 64.0 Å². The van der Waals surface area contributed by atoms with Gasteiger partial charge in [-0.05, 0) is 0 Å². The molecule has 20 heavy (non-hydrogen) atoms. The van der Waals surface area contributed by atoms with Crippen molar-refractivity contribution in [2.75, 3.05) is 0 Å². The van der Waals surface area contributed by atoms with Gasteiger partial charge in [-0.1, -0.05) is 0 Å². The molecule has 2 rings (SSSR count). The van der Waals surface area contributed by atoms with E-state index in [1.165, 1.54) is 8.33 Å².